The highest BCUT2D eigenvalue weighted by molar-refractivity contribution is 8.65. The fourth-order valence-electron chi connectivity index (χ4n) is 8.11. The summed E-state index contributed by atoms with van der Waals surface area (Å²) in [6.07, 6.45) is 0.0135. The summed E-state index contributed by atoms with van der Waals surface area (Å²) in [6.45, 7) is 11.5. The molecule has 2 aliphatic rings. The SMILES string of the molecule is C.C.Cn1nc(-c2ccc(F)cc2)c2cc(NC(=O)C3(N)CCN(C(=O)OC(C)(C)C)C3)ccc21.Cn1nc(-c2ccc(F)cc2)c2cc(NC(=O)C3(NC=O)CCN(C(=O)OC(C)(C)C)C3)ccc21.PP(P)P. The lowest BCUT2D eigenvalue weighted by atomic mass is 9.97. The molecule has 0 radical (unpaired) electrons. The van der Waals surface area contributed by atoms with E-state index in [9.17, 15) is 32.8 Å². The largest absolute Gasteiger partial charge is 0.444 e. The lowest BCUT2D eigenvalue weighted by Gasteiger charge is -2.28. The van der Waals surface area contributed by atoms with Gasteiger partial charge in [0, 0.05) is 60.5 Å². The normalized spacial score (nSPS) is 17.2. The first kappa shape index (κ1) is 60.9. The minimum absolute atomic E-state index is 0. The molecule has 400 valence electrons. The number of carbonyl (C=O) groups is 5. The lowest BCUT2D eigenvalue weighted by molar-refractivity contribution is -0.125. The molecule has 23 heteroatoms. The molecule has 6 aromatic rings. The Labute approximate surface area is 439 Å². The van der Waals surface area contributed by atoms with Gasteiger partial charge in [0.05, 0.1) is 24.1 Å². The number of hydrogen-bond donors (Lipinski definition) is 4. The summed E-state index contributed by atoms with van der Waals surface area (Å²) in [7, 11) is 11.6. The van der Waals surface area contributed by atoms with Crippen molar-refractivity contribution in [1.29, 1.82) is 0 Å². The number of aromatic nitrogens is 4. The van der Waals surface area contributed by atoms with Gasteiger partial charge in [-0.25, -0.2) is 18.4 Å². The molecule has 0 saturated carbocycles. The second-order valence-corrected chi connectivity index (χ2v) is 31.2. The summed E-state index contributed by atoms with van der Waals surface area (Å²) in [5.74, 6) is -1.48. The second kappa shape index (κ2) is 24.8. The quantitative estimate of drug-likeness (QED) is 0.0838. The number of benzene rings is 4. The van der Waals surface area contributed by atoms with E-state index in [1.54, 1.807) is 100 Å². The van der Waals surface area contributed by atoms with Crippen molar-refractivity contribution in [2.75, 3.05) is 36.8 Å². The lowest BCUT2D eigenvalue weighted by Crippen LogP contribution is -2.56. The molecule has 74 heavy (non-hydrogen) atoms. The summed E-state index contributed by atoms with van der Waals surface area (Å²) in [6, 6.07) is 22.9. The Morgan fingerprint density at radius 3 is 1.46 bits per heavy atom. The maximum absolute atomic E-state index is 13.4. The van der Waals surface area contributed by atoms with Gasteiger partial charge in [0.25, 0.3) is 5.91 Å². The van der Waals surface area contributed by atoms with Crippen LogP contribution in [-0.2, 0) is 38.0 Å². The van der Waals surface area contributed by atoms with E-state index in [0.29, 0.717) is 42.1 Å². The van der Waals surface area contributed by atoms with Crippen LogP contribution in [0.1, 0.15) is 69.2 Å². The molecule has 0 bridgehead atoms. The highest BCUT2D eigenvalue weighted by Gasteiger charge is 2.47. The van der Waals surface area contributed by atoms with Crippen LogP contribution in [-0.4, -0.2) is 108 Å². The number of rotatable bonds is 8. The molecule has 2 saturated heterocycles. The van der Waals surface area contributed by atoms with Crippen molar-refractivity contribution >= 4 is 97.4 Å². The van der Waals surface area contributed by atoms with Crippen LogP contribution in [0.4, 0.5) is 29.7 Å². The molecule has 5 atom stereocenters. The first-order chi connectivity index (χ1) is 33.7. The number of carbonyl (C=O) groups excluding carboxylic acids is 5. The molecule has 0 aliphatic carbocycles. The van der Waals surface area contributed by atoms with Crippen molar-refractivity contribution in [2.45, 2.75) is 91.5 Å². The van der Waals surface area contributed by atoms with Crippen molar-refractivity contribution in [3.05, 3.63) is 96.6 Å². The summed E-state index contributed by atoms with van der Waals surface area (Å²) in [5.41, 5.74) is 8.17. The summed E-state index contributed by atoms with van der Waals surface area (Å²) in [5, 5.41) is 19.1. The van der Waals surface area contributed by atoms with E-state index >= 15 is 0 Å². The molecular weight excluding hydrogens is 1030 g/mol. The molecular formula is C51H70F2N10O7P4. The fourth-order valence-corrected chi connectivity index (χ4v) is 8.11. The zero-order chi connectivity index (χ0) is 52.9. The zero-order valence-electron chi connectivity index (χ0n) is 41.5. The van der Waals surface area contributed by atoms with E-state index in [4.69, 9.17) is 15.2 Å². The van der Waals surface area contributed by atoms with E-state index < -0.39 is 40.4 Å². The number of ether oxygens (including phenoxy) is 2. The monoisotopic (exact) mass is 1100 g/mol. The first-order valence-corrected chi connectivity index (χ1v) is 29.0. The standard InChI is InChI=1S/C25H28FN5O4.C24H28FN5O3.2CH4.H6P4/c1-24(2,3)35-23(34)31-12-11-25(14-31,27-15-32)22(33)28-18-9-10-20-19(13-18)21(29-30(20)4)16-5-7-17(26)8-6-16;1-23(2,3)33-22(32)30-12-11-24(26,14-30)21(31)27-17-9-10-19-18(13-17)20(28-29(19)4)15-5-7-16(25)8-6-15;;;1-4(2)3/h5-10,13,15H,11-12,14H2,1-4H3,(H,27,32)(H,28,33);5-10,13H,11-12,14,26H2,1-4H3,(H,27,31);2*1H4;1-3H2. The van der Waals surface area contributed by atoms with E-state index in [1.807, 2.05) is 25.2 Å². The Bertz CT molecular complexity index is 2960. The molecule has 2 aliphatic heterocycles. The molecule has 17 nitrogen and oxygen atoms in total. The number of nitrogens with zero attached hydrogens (tertiary/aromatic N) is 6. The maximum atomic E-state index is 13.4. The van der Waals surface area contributed by atoms with Gasteiger partial charge in [-0.2, -0.15) is 10.2 Å². The van der Waals surface area contributed by atoms with Crippen LogP contribution in [0.15, 0.2) is 84.9 Å². The second-order valence-electron chi connectivity index (χ2n) is 19.6. The predicted molar refractivity (Wildman–Crippen MR) is 303 cm³/mol. The molecule has 4 aromatic carbocycles. The van der Waals surface area contributed by atoms with Crippen LogP contribution in [0.5, 0.6) is 0 Å². The molecule has 2 fully saturated rings. The smallest absolute Gasteiger partial charge is 0.410 e. The highest BCUT2D eigenvalue weighted by Crippen LogP contribution is 2.60. The summed E-state index contributed by atoms with van der Waals surface area (Å²) < 4.78 is 41.0. The van der Waals surface area contributed by atoms with E-state index in [-0.39, 0.29) is 65.4 Å². The minimum Gasteiger partial charge on any atom is -0.444 e. The van der Waals surface area contributed by atoms with Gasteiger partial charge in [0.2, 0.25) is 12.3 Å². The Hall–Kier alpha value is -5.69. The van der Waals surface area contributed by atoms with Crippen LogP contribution in [0, 0.1) is 11.6 Å². The number of hydrogen-bond acceptors (Lipinski definition) is 10. The number of anilines is 2. The molecule has 2 aromatic heterocycles. The zero-order valence-corrected chi connectivity index (χ0v) is 45.8. The van der Waals surface area contributed by atoms with E-state index in [1.165, 1.54) is 34.1 Å². The number of likely N-dealkylation sites (tertiary alicyclic amines) is 2. The van der Waals surface area contributed by atoms with Gasteiger partial charge in [-0.15, -0.1) is 26.8 Å². The fraction of sp³-hybridized carbons (Fsp3) is 0.392. The van der Waals surface area contributed by atoms with Crippen LogP contribution < -0.4 is 21.7 Å². The average Bonchev–Trinajstić information content (AvgIpc) is 4.08. The Morgan fingerprint density at radius 1 is 0.662 bits per heavy atom. The molecule has 5 amide bonds. The van der Waals surface area contributed by atoms with Gasteiger partial charge >= 0.3 is 12.2 Å². The number of halogens is 2. The third-order valence-corrected chi connectivity index (χ3v) is 11.5. The number of aryl methyl sites for hydroxylation is 2. The van der Waals surface area contributed by atoms with Crippen molar-refractivity contribution in [1.82, 2.24) is 34.7 Å². The number of fused-ring (bicyclic) bond motifs is 2. The number of nitrogens with two attached hydrogens (primary N) is 1. The summed E-state index contributed by atoms with van der Waals surface area (Å²) in [4.78, 5) is 65.5. The molecule has 5 unspecified atom stereocenters. The van der Waals surface area contributed by atoms with Crippen LogP contribution in [0.25, 0.3) is 44.3 Å². The van der Waals surface area contributed by atoms with Crippen LogP contribution in [0.3, 0.4) is 0 Å². The van der Waals surface area contributed by atoms with Crippen molar-refractivity contribution in [3.8, 4) is 22.5 Å². The average molecular weight is 1100 g/mol. The highest BCUT2D eigenvalue weighted by atomic mass is 32.7. The van der Waals surface area contributed by atoms with E-state index in [2.05, 4.69) is 52.9 Å². The van der Waals surface area contributed by atoms with Gasteiger partial charge in [-0.05, 0) is 146 Å². The topological polar surface area (TPSA) is 208 Å². The van der Waals surface area contributed by atoms with E-state index in [0.717, 1.165) is 32.9 Å². The van der Waals surface area contributed by atoms with Crippen LogP contribution >= 0.6 is 33.8 Å². The maximum Gasteiger partial charge on any atom is 0.410 e. The first-order valence-electron chi connectivity index (χ1n) is 22.8. The summed E-state index contributed by atoms with van der Waals surface area (Å²) >= 11 is 0. The Morgan fingerprint density at radius 2 is 1.05 bits per heavy atom. The molecule has 5 N–H and O–H groups in total. The third-order valence-electron chi connectivity index (χ3n) is 11.5. The molecule has 0 spiro atoms. The van der Waals surface area contributed by atoms with Crippen LogP contribution in [0.2, 0.25) is 0 Å². The Balaban J connectivity index is 0.000000292. The minimum atomic E-state index is -1.29. The Kier molecular flexibility index (Phi) is 20.4. The predicted octanol–water partition coefficient (Wildman–Crippen LogP) is 10.2. The van der Waals surface area contributed by atoms with Gasteiger partial charge in [0.1, 0.15) is 45.3 Å². The van der Waals surface area contributed by atoms with Crippen molar-refractivity contribution in [3.63, 3.8) is 0 Å². The van der Waals surface area contributed by atoms with Gasteiger partial charge < -0.3 is 41.0 Å². The molecule has 4 heterocycles. The third kappa shape index (κ3) is 15.2. The van der Waals surface area contributed by atoms with Gasteiger partial charge in [0.15, 0.2) is 0 Å². The number of amides is 5. The van der Waals surface area contributed by atoms with Gasteiger partial charge in [-0.3, -0.25) is 23.7 Å². The van der Waals surface area contributed by atoms with Crippen molar-refractivity contribution in [2.24, 2.45) is 19.8 Å². The van der Waals surface area contributed by atoms with Gasteiger partial charge in [-0.1, -0.05) is 14.9 Å². The molecule has 8 rings (SSSR count). The number of nitrogens with one attached hydrogen (secondary N) is 3. The van der Waals surface area contributed by atoms with Crippen molar-refractivity contribution < 1.29 is 42.2 Å².